The maximum Gasteiger partial charge on any atom is 0.472 e. The normalized spacial score (nSPS) is 14.4. The largest absolute Gasteiger partial charge is 0.472 e. The minimum atomic E-state index is -4.28. The van der Waals surface area contributed by atoms with Crippen molar-refractivity contribution in [3.63, 3.8) is 0 Å². The number of allylic oxidation sites excluding steroid dienone is 14. The molecule has 0 rings (SSSR count). The quantitative estimate of drug-likeness (QED) is 0.0301. The molecular formula is C42H69O8P. The highest BCUT2D eigenvalue weighted by Gasteiger charge is 2.24. The van der Waals surface area contributed by atoms with Crippen molar-refractivity contribution in [3.05, 3.63) is 85.1 Å². The van der Waals surface area contributed by atoms with E-state index in [0.717, 1.165) is 97.0 Å². The van der Waals surface area contributed by atoms with Crippen LogP contribution in [0.15, 0.2) is 85.1 Å². The number of rotatable bonds is 34. The highest BCUT2D eigenvalue weighted by molar-refractivity contribution is 7.47. The molecule has 1 N–H and O–H groups in total. The van der Waals surface area contributed by atoms with E-state index in [-0.39, 0.29) is 19.4 Å². The van der Waals surface area contributed by atoms with Crippen molar-refractivity contribution in [1.82, 2.24) is 0 Å². The second-order valence-electron chi connectivity index (χ2n) is 12.3. The van der Waals surface area contributed by atoms with Gasteiger partial charge in [-0.2, -0.15) is 0 Å². The molecule has 0 aliphatic rings. The Morgan fingerprint density at radius 1 is 0.549 bits per heavy atom. The molecule has 0 heterocycles. The predicted molar refractivity (Wildman–Crippen MR) is 211 cm³/mol. The summed E-state index contributed by atoms with van der Waals surface area (Å²) in [4.78, 5) is 34.4. The van der Waals surface area contributed by atoms with E-state index < -0.39 is 32.5 Å². The smallest absolute Gasteiger partial charge is 0.462 e. The molecule has 0 aromatic heterocycles. The predicted octanol–water partition coefficient (Wildman–Crippen LogP) is 11.9. The third kappa shape index (κ3) is 36.8. The summed E-state index contributed by atoms with van der Waals surface area (Å²) in [7, 11) is -3.23. The van der Waals surface area contributed by atoms with Gasteiger partial charge in [-0.1, -0.05) is 131 Å². The molecule has 9 heteroatoms. The molecule has 2 unspecified atom stereocenters. The number of carbonyl (C=O) groups is 2. The first kappa shape index (κ1) is 48.2. The van der Waals surface area contributed by atoms with Crippen LogP contribution in [0.2, 0.25) is 0 Å². The van der Waals surface area contributed by atoms with Crippen LogP contribution in [0.5, 0.6) is 0 Å². The average Bonchev–Trinajstić information content (AvgIpc) is 3.12. The van der Waals surface area contributed by atoms with Gasteiger partial charge in [-0.3, -0.25) is 18.6 Å². The second-order valence-corrected chi connectivity index (χ2v) is 13.9. The zero-order valence-electron chi connectivity index (χ0n) is 32.0. The molecule has 0 radical (unpaired) electrons. The molecule has 51 heavy (non-hydrogen) atoms. The Morgan fingerprint density at radius 3 is 1.43 bits per heavy atom. The third-order valence-corrected chi connectivity index (χ3v) is 8.57. The summed E-state index contributed by atoms with van der Waals surface area (Å²) < 4.78 is 31.8. The Balaban J connectivity index is 4.15. The molecule has 0 bridgehead atoms. The van der Waals surface area contributed by atoms with Gasteiger partial charge in [-0.05, 0) is 83.5 Å². The molecule has 0 spiro atoms. The van der Waals surface area contributed by atoms with Crippen molar-refractivity contribution in [2.75, 3.05) is 20.3 Å². The molecule has 0 saturated heterocycles. The SMILES string of the molecule is CC/C=C\C/C=C\C/C=C\C/C=C\CCCCC(=O)OC(COC(=O)CCCCCCCCC/C=C\C/C=C\C/C=C\CC)COP(=O)(O)OC. The second kappa shape index (κ2) is 37.0. The van der Waals surface area contributed by atoms with Crippen molar-refractivity contribution in [2.24, 2.45) is 0 Å². The van der Waals surface area contributed by atoms with Crippen LogP contribution in [-0.2, 0) is 32.7 Å². The summed E-state index contributed by atoms with van der Waals surface area (Å²) in [6, 6.07) is 0. The summed E-state index contributed by atoms with van der Waals surface area (Å²) in [5.74, 6) is -0.874. The van der Waals surface area contributed by atoms with Crippen molar-refractivity contribution in [2.45, 2.75) is 148 Å². The van der Waals surface area contributed by atoms with Gasteiger partial charge in [0.15, 0.2) is 6.10 Å². The van der Waals surface area contributed by atoms with Gasteiger partial charge in [0, 0.05) is 20.0 Å². The van der Waals surface area contributed by atoms with Gasteiger partial charge in [0.25, 0.3) is 0 Å². The van der Waals surface area contributed by atoms with E-state index in [1.807, 2.05) is 0 Å². The number of phosphoric acid groups is 1. The van der Waals surface area contributed by atoms with Gasteiger partial charge < -0.3 is 14.4 Å². The van der Waals surface area contributed by atoms with Crippen LogP contribution in [0, 0.1) is 0 Å². The summed E-state index contributed by atoms with van der Waals surface area (Å²) in [5.41, 5.74) is 0. The van der Waals surface area contributed by atoms with E-state index >= 15 is 0 Å². The summed E-state index contributed by atoms with van der Waals surface area (Å²) >= 11 is 0. The van der Waals surface area contributed by atoms with Crippen LogP contribution < -0.4 is 0 Å². The number of esters is 2. The molecule has 0 aromatic carbocycles. The van der Waals surface area contributed by atoms with Crippen LogP contribution in [0.1, 0.15) is 142 Å². The average molecular weight is 733 g/mol. The topological polar surface area (TPSA) is 108 Å². The fourth-order valence-corrected chi connectivity index (χ4v) is 5.18. The van der Waals surface area contributed by atoms with Gasteiger partial charge in [0.2, 0.25) is 0 Å². The molecule has 290 valence electrons. The van der Waals surface area contributed by atoms with E-state index in [2.05, 4.69) is 103 Å². The van der Waals surface area contributed by atoms with Crippen LogP contribution in [0.25, 0.3) is 0 Å². The van der Waals surface area contributed by atoms with Gasteiger partial charge in [-0.25, -0.2) is 4.57 Å². The first-order valence-corrected chi connectivity index (χ1v) is 20.8. The van der Waals surface area contributed by atoms with E-state index in [9.17, 15) is 19.0 Å². The number of carbonyl (C=O) groups excluding carboxylic acids is 2. The lowest BCUT2D eigenvalue weighted by molar-refractivity contribution is -0.161. The molecule has 2 atom stereocenters. The molecule has 0 aliphatic carbocycles. The number of unbranched alkanes of at least 4 members (excludes halogenated alkanes) is 9. The van der Waals surface area contributed by atoms with Crippen LogP contribution in [0.3, 0.4) is 0 Å². The van der Waals surface area contributed by atoms with Gasteiger partial charge >= 0.3 is 19.8 Å². The number of phosphoric ester groups is 1. The molecule has 8 nitrogen and oxygen atoms in total. The Morgan fingerprint density at radius 2 is 0.941 bits per heavy atom. The summed E-state index contributed by atoms with van der Waals surface area (Å²) in [6.45, 7) is 3.60. The molecule has 0 amide bonds. The first-order chi connectivity index (χ1) is 24.8. The zero-order valence-corrected chi connectivity index (χ0v) is 32.9. The standard InChI is InChI=1S/C42H69O8P/c1-4-6-8-10-12-14-16-18-20-21-23-24-26-28-30-32-34-36-41(43)48-38-40(39-49-51(45,46)47-3)50-42(44)37-35-33-31-29-27-25-22-19-17-15-13-11-9-7-5-2/h6-9,12-15,18-20,22,27,29,40H,4-5,10-11,16-17,21,23-26,28,30-39H2,1-3H3,(H,45,46)/b8-6-,9-7-,14-12-,15-13-,20-18-,22-19-,29-27-. The monoisotopic (exact) mass is 732 g/mol. The lowest BCUT2D eigenvalue weighted by Crippen LogP contribution is -2.29. The van der Waals surface area contributed by atoms with Crippen LogP contribution in [-0.4, -0.2) is 43.3 Å². The molecular weight excluding hydrogens is 663 g/mol. The van der Waals surface area contributed by atoms with Gasteiger partial charge in [-0.15, -0.1) is 0 Å². The Hall–Kier alpha value is -2.77. The maximum absolute atomic E-state index is 12.4. The highest BCUT2D eigenvalue weighted by Crippen LogP contribution is 2.42. The lowest BCUT2D eigenvalue weighted by atomic mass is 10.1. The summed E-state index contributed by atoms with van der Waals surface area (Å²) in [6.07, 6.45) is 47.8. The molecule has 0 aliphatic heterocycles. The molecule has 0 fully saturated rings. The molecule has 0 aromatic rings. The van der Waals surface area contributed by atoms with Crippen molar-refractivity contribution < 1.29 is 37.6 Å². The first-order valence-electron chi connectivity index (χ1n) is 19.3. The van der Waals surface area contributed by atoms with E-state index in [0.29, 0.717) is 6.42 Å². The van der Waals surface area contributed by atoms with E-state index in [4.69, 9.17) is 14.0 Å². The van der Waals surface area contributed by atoms with E-state index in [1.165, 1.54) is 19.3 Å². The van der Waals surface area contributed by atoms with Crippen molar-refractivity contribution in [3.8, 4) is 0 Å². The fourth-order valence-electron chi connectivity index (χ4n) is 4.72. The number of hydrogen-bond acceptors (Lipinski definition) is 7. The third-order valence-electron chi connectivity index (χ3n) is 7.63. The number of ether oxygens (including phenoxy) is 2. The lowest BCUT2D eigenvalue weighted by Gasteiger charge is -2.19. The maximum atomic E-state index is 12.4. The van der Waals surface area contributed by atoms with Crippen molar-refractivity contribution >= 4 is 19.8 Å². The number of hydrogen-bond donors (Lipinski definition) is 1. The fraction of sp³-hybridized carbons (Fsp3) is 0.619. The minimum Gasteiger partial charge on any atom is -0.462 e. The highest BCUT2D eigenvalue weighted by atomic mass is 31.2. The Kier molecular flexibility index (Phi) is 35.0. The van der Waals surface area contributed by atoms with Gasteiger partial charge in [0.05, 0.1) is 6.61 Å². The Bertz CT molecular complexity index is 1100. The van der Waals surface area contributed by atoms with Crippen LogP contribution >= 0.6 is 7.82 Å². The van der Waals surface area contributed by atoms with Crippen LogP contribution in [0.4, 0.5) is 0 Å². The molecule has 0 saturated carbocycles. The Labute approximate surface area is 310 Å². The van der Waals surface area contributed by atoms with E-state index in [1.54, 1.807) is 0 Å². The zero-order chi connectivity index (χ0) is 37.5. The van der Waals surface area contributed by atoms with Crippen molar-refractivity contribution in [1.29, 1.82) is 0 Å². The summed E-state index contributed by atoms with van der Waals surface area (Å²) in [5, 5.41) is 0. The van der Waals surface area contributed by atoms with Gasteiger partial charge in [0.1, 0.15) is 6.61 Å². The minimum absolute atomic E-state index is 0.185.